The van der Waals surface area contributed by atoms with Crippen LogP contribution in [0.3, 0.4) is 0 Å². The number of hydrogen-bond acceptors (Lipinski definition) is 4. The van der Waals surface area contributed by atoms with E-state index in [0.29, 0.717) is 18.2 Å². The number of benzene rings is 2. The molecule has 0 fully saturated rings. The van der Waals surface area contributed by atoms with Crippen molar-refractivity contribution in [2.24, 2.45) is 0 Å². The summed E-state index contributed by atoms with van der Waals surface area (Å²) < 4.78 is 2.88. The number of halogens is 1. The van der Waals surface area contributed by atoms with Gasteiger partial charge in [0.25, 0.3) is 0 Å². The summed E-state index contributed by atoms with van der Waals surface area (Å²) >= 11 is 3.50. The fraction of sp³-hybridized carbons (Fsp3) is 0.261. The van der Waals surface area contributed by atoms with E-state index in [2.05, 4.69) is 53.3 Å². The number of allylic oxidation sites excluding steroid dienone is 2. The highest BCUT2D eigenvalue weighted by Crippen LogP contribution is 2.40. The van der Waals surface area contributed by atoms with Crippen LogP contribution in [-0.4, -0.2) is 20.5 Å². The number of fused-ring (bicyclic) bond motifs is 1. The van der Waals surface area contributed by atoms with E-state index in [1.54, 1.807) is 0 Å². The maximum absolute atomic E-state index is 12.9. The third-order valence-electron chi connectivity index (χ3n) is 5.82. The number of carbonyl (C=O) groups is 1. The molecule has 0 bridgehead atoms. The van der Waals surface area contributed by atoms with Gasteiger partial charge < -0.3 is 5.32 Å². The lowest BCUT2D eigenvalue weighted by molar-refractivity contribution is -0.116. The van der Waals surface area contributed by atoms with Crippen molar-refractivity contribution in [3.05, 3.63) is 74.9 Å². The Balaban J connectivity index is 1.67. The lowest BCUT2D eigenvalue weighted by Gasteiger charge is -2.32. The Morgan fingerprint density at radius 3 is 2.62 bits per heavy atom. The number of anilines is 1. The number of ketones is 1. The summed E-state index contributed by atoms with van der Waals surface area (Å²) in [5.41, 5.74) is 6.28. The Labute approximate surface area is 178 Å². The Morgan fingerprint density at radius 1 is 1.07 bits per heavy atom. The van der Waals surface area contributed by atoms with Crippen LogP contribution in [0.4, 0.5) is 5.95 Å². The molecular weight excluding hydrogens is 428 g/mol. The van der Waals surface area contributed by atoms with E-state index in [9.17, 15) is 4.79 Å². The van der Waals surface area contributed by atoms with Gasteiger partial charge in [-0.15, -0.1) is 5.10 Å². The number of carbonyl (C=O) groups excluding carboxylic acids is 1. The van der Waals surface area contributed by atoms with Gasteiger partial charge in [0.15, 0.2) is 11.6 Å². The largest absolute Gasteiger partial charge is 0.328 e. The monoisotopic (exact) mass is 448 g/mol. The van der Waals surface area contributed by atoms with Crippen LogP contribution in [0.1, 0.15) is 42.0 Å². The van der Waals surface area contributed by atoms with Gasteiger partial charge in [-0.25, -0.2) is 4.68 Å². The summed E-state index contributed by atoms with van der Waals surface area (Å²) in [6.45, 7) is 4.19. The highest BCUT2D eigenvalue weighted by atomic mass is 79.9. The number of aryl methyl sites for hydroxylation is 2. The zero-order valence-electron chi connectivity index (χ0n) is 16.4. The second kappa shape index (κ2) is 6.95. The van der Waals surface area contributed by atoms with E-state index in [1.165, 1.54) is 11.1 Å². The lowest BCUT2D eigenvalue weighted by atomic mass is 9.85. The Kier molecular flexibility index (Phi) is 4.39. The minimum Gasteiger partial charge on any atom is -0.328 e. The lowest BCUT2D eigenvalue weighted by Crippen LogP contribution is -2.31. The zero-order chi connectivity index (χ0) is 20.1. The van der Waals surface area contributed by atoms with Crippen LogP contribution >= 0.6 is 15.9 Å². The van der Waals surface area contributed by atoms with Gasteiger partial charge in [-0.05, 0) is 61.6 Å². The number of Topliss-reactive ketones (excluding diaryl/α,β-unsaturated/α-hetero) is 1. The number of hydrogen-bond donors (Lipinski definition) is 1. The van der Waals surface area contributed by atoms with Crippen molar-refractivity contribution in [1.29, 1.82) is 0 Å². The summed E-state index contributed by atoms with van der Waals surface area (Å²) in [6.07, 6.45) is 2.32. The first-order chi connectivity index (χ1) is 14.0. The fourth-order valence-corrected chi connectivity index (χ4v) is 4.38. The van der Waals surface area contributed by atoms with Gasteiger partial charge in [0.1, 0.15) is 6.04 Å². The van der Waals surface area contributed by atoms with E-state index < -0.39 is 0 Å². The van der Waals surface area contributed by atoms with Crippen molar-refractivity contribution < 1.29 is 4.79 Å². The Hall–Kier alpha value is -2.73. The highest BCUT2D eigenvalue weighted by molar-refractivity contribution is 9.10. The first kappa shape index (κ1) is 18.3. The molecule has 1 aliphatic heterocycles. The van der Waals surface area contributed by atoms with Gasteiger partial charge in [-0.3, -0.25) is 4.79 Å². The molecule has 1 atom stereocenters. The van der Waals surface area contributed by atoms with Crippen molar-refractivity contribution in [1.82, 2.24) is 14.8 Å². The quantitative estimate of drug-likeness (QED) is 0.573. The zero-order valence-corrected chi connectivity index (χ0v) is 18.0. The van der Waals surface area contributed by atoms with Gasteiger partial charge in [-0.2, -0.15) is 4.98 Å². The molecule has 6 heteroatoms. The number of nitrogens with zero attached hydrogens (tertiary/aromatic N) is 3. The Bertz CT molecular complexity index is 1160. The van der Waals surface area contributed by atoms with E-state index in [4.69, 9.17) is 10.1 Å². The molecule has 1 aromatic heterocycles. The van der Waals surface area contributed by atoms with Gasteiger partial charge in [-0.1, -0.05) is 40.2 Å². The molecule has 2 aliphatic rings. The molecule has 0 amide bonds. The molecule has 146 valence electrons. The van der Waals surface area contributed by atoms with Crippen molar-refractivity contribution in [2.45, 2.75) is 39.2 Å². The van der Waals surface area contributed by atoms with Crippen LogP contribution < -0.4 is 5.32 Å². The third kappa shape index (κ3) is 3.12. The predicted octanol–water partition coefficient (Wildman–Crippen LogP) is 5.35. The molecule has 3 aromatic rings. The average Bonchev–Trinajstić information content (AvgIpc) is 3.13. The fourth-order valence-electron chi connectivity index (χ4n) is 4.11. The number of rotatable bonds is 2. The van der Waals surface area contributed by atoms with Crippen molar-refractivity contribution in [3.8, 4) is 11.4 Å². The summed E-state index contributed by atoms with van der Waals surface area (Å²) in [5.74, 6) is 1.56. The van der Waals surface area contributed by atoms with Crippen molar-refractivity contribution in [3.63, 3.8) is 0 Å². The van der Waals surface area contributed by atoms with Crippen LogP contribution in [0.5, 0.6) is 0 Å². The van der Waals surface area contributed by atoms with E-state index in [1.807, 2.05) is 28.9 Å². The molecule has 1 unspecified atom stereocenters. The van der Waals surface area contributed by atoms with Crippen molar-refractivity contribution in [2.75, 3.05) is 5.32 Å². The van der Waals surface area contributed by atoms with Crippen LogP contribution in [0.2, 0.25) is 0 Å². The molecule has 2 aromatic carbocycles. The molecule has 0 saturated carbocycles. The van der Waals surface area contributed by atoms with E-state index in [0.717, 1.165) is 39.7 Å². The first-order valence-corrected chi connectivity index (χ1v) is 10.6. The standard InChI is InChI=1S/C23H21BrN4O/c1-13-6-7-16(12-14(13)2)22-26-23-25-18-4-3-5-19(29)20(18)21(28(23)27-22)15-8-10-17(24)11-9-15/h6-12,21H,3-5H2,1-2H3,(H,25,26,27). The summed E-state index contributed by atoms with van der Waals surface area (Å²) in [7, 11) is 0. The van der Waals surface area contributed by atoms with Crippen molar-refractivity contribution >= 4 is 27.7 Å². The first-order valence-electron chi connectivity index (χ1n) is 9.84. The second-order valence-electron chi connectivity index (χ2n) is 7.75. The van der Waals surface area contributed by atoms with Gasteiger partial charge in [0.05, 0.1) is 0 Å². The van der Waals surface area contributed by atoms with E-state index in [-0.39, 0.29) is 11.8 Å². The second-order valence-corrected chi connectivity index (χ2v) is 8.67. The molecule has 0 saturated heterocycles. The summed E-state index contributed by atoms with van der Waals surface area (Å²) in [6, 6.07) is 14.1. The van der Waals surface area contributed by atoms with Crippen LogP contribution in [-0.2, 0) is 4.79 Å². The minimum absolute atomic E-state index is 0.195. The normalized spacial score (nSPS) is 18.3. The number of nitrogens with one attached hydrogen (secondary N) is 1. The molecular formula is C23H21BrN4O. The predicted molar refractivity (Wildman–Crippen MR) is 117 cm³/mol. The molecule has 1 N–H and O–H groups in total. The third-order valence-corrected chi connectivity index (χ3v) is 6.35. The highest BCUT2D eigenvalue weighted by Gasteiger charge is 2.36. The molecule has 0 spiro atoms. The molecule has 5 rings (SSSR count). The average molecular weight is 449 g/mol. The topological polar surface area (TPSA) is 59.8 Å². The molecule has 2 heterocycles. The molecule has 1 aliphatic carbocycles. The number of aromatic nitrogens is 3. The molecule has 29 heavy (non-hydrogen) atoms. The maximum Gasteiger partial charge on any atom is 0.226 e. The van der Waals surface area contributed by atoms with Crippen LogP contribution in [0, 0.1) is 13.8 Å². The maximum atomic E-state index is 12.9. The van der Waals surface area contributed by atoms with Crippen LogP contribution in [0.25, 0.3) is 11.4 Å². The van der Waals surface area contributed by atoms with Gasteiger partial charge in [0.2, 0.25) is 5.95 Å². The molecule has 0 radical (unpaired) electrons. The van der Waals surface area contributed by atoms with Gasteiger partial charge >= 0.3 is 0 Å². The Morgan fingerprint density at radius 2 is 1.86 bits per heavy atom. The van der Waals surface area contributed by atoms with Gasteiger partial charge in [0, 0.05) is 27.7 Å². The smallest absolute Gasteiger partial charge is 0.226 e. The molecule has 5 nitrogen and oxygen atoms in total. The summed E-state index contributed by atoms with van der Waals surface area (Å²) in [5, 5.41) is 8.24. The SMILES string of the molecule is Cc1ccc(-c2nc3n(n2)C(c2ccc(Br)cc2)C2=C(CCCC2=O)N3)cc1C. The van der Waals surface area contributed by atoms with Crippen LogP contribution in [0.15, 0.2) is 58.2 Å². The summed E-state index contributed by atoms with van der Waals surface area (Å²) in [4.78, 5) is 17.7. The minimum atomic E-state index is -0.255. The van der Waals surface area contributed by atoms with E-state index >= 15 is 0 Å².